The second-order valence-electron chi connectivity index (χ2n) is 9.23. The molecule has 0 spiro atoms. The number of anilines is 2. The molecule has 5 rings (SSSR count). The molecule has 3 N–H and O–H groups in total. The number of hydrogen-bond acceptors (Lipinski definition) is 9. The van der Waals surface area contributed by atoms with Gasteiger partial charge in [0.25, 0.3) is 0 Å². The standard InChI is InChI=1S/C27H31N5O5S/c28-22-17-38-16-20(22)12-24(33)23-4-2-19(14-29-23)15-32(7-1-6-31-8-10-35-11-9-31)27(34)30-21-3-5-25-26(13-21)37-18-36-25/h2-5,13-14,16-17H,1,6-12,15,18,28H2,(H,30,34). The highest BCUT2D eigenvalue weighted by Gasteiger charge is 2.19. The van der Waals surface area contributed by atoms with Crippen molar-refractivity contribution >= 4 is 34.5 Å². The summed E-state index contributed by atoms with van der Waals surface area (Å²) in [5.41, 5.74) is 9.20. The molecule has 1 saturated heterocycles. The monoisotopic (exact) mass is 537 g/mol. The summed E-state index contributed by atoms with van der Waals surface area (Å²) in [6.07, 6.45) is 2.70. The molecule has 38 heavy (non-hydrogen) atoms. The number of carbonyl (C=O) groups excluding carboxylic acids is 2. The van der Waals surface area contributed by atoms with Gasteiger partial charge in [-0.3, -0.25) is 14.7 Å². The maximum atomic E-state index is 13.3. The zero-order chi connectivity index (χ0) is 26.3. The number of ether oxygens (including phenoxy) is 3. The van der Waals surface area contributed by atoms with Crippen LogP contribution in [0, 0.1) is 0 Å². The van der Waals surface area contributed by atoms with Gasteiger partial charge in [0, 0.05) is 68.2 Å². The van der Waals surface area contributed by atoms with Crippen molar-refractivity contribution < 1.29 is 23.8 Å². The number of Topliss-reactive ketones (excluding diaryl/α,β-unsaturated/α-hetero) is 1. The van der Waals surface area contributed by atoms with Gasteiger partial charge in [-0.25, -0.2) is 4.79 Å². The molecule has 2 amide bonds. The van der Waals surface area contributed by atoms with Crippen LogP contribution in [0.25, 0.3) is 0 Å². The Labute approximate surface area is 225 Å². The van der Waals surface area contributed by atoms with E-state index < -0.39 is 0 Å². The predicted octanol–water partition coefficient (Wildman–Crippen LogP) is 3.64. The molecule has 0 unspecified atom stereocenters. The van der Waals surface area contributed by atoms with E-state index in [-0.39, 0.29) is 25.0 Å². The third kappa shape index (κ3) is 6.60. The number of pyridine rings is 1. The number of nitrogens with two attached hydrogens (primary N) is 1. The smallest absolute Gasteiger partial charge is 0.322 e. The zero-order valence-corrected chi connectivity index (χ0v) is 21.9. The van der Waals surface area contributed by atoms with Gasteiger partial charge >= 0.3 is 6.03 Å². The van der Waals surface area contributed by atoms with Gasteiger partial charge in [-0.2, -0.15) is 0 Å². The van der Waals surface area contributed by atoms with E-state index in [1.54, 1.807) is 35.4 Å². The Morgan fingerprint density at radius 1 is 1.11 bits per heavy atom. The maximum Gasteiger partial charge on any atom is 0.322 e. The SMILES string of the molecule is Nc1cscc1CC(=O)c1ccc(CN(CCCN2CCOCC2)C(=O)Nc2ccc3c(c2)OCO3)cn1. The lowest BCUT2D eigenvalue weighted by Gasteiger charge is -2.28. The largest absolute Gasteiger partial charge is 0.454 e. The molecule has 0 atom stereocenters. The number of amides is 2. The van der Waals surface area contributed by atoms with Crippen molar-refractivity contribution in [2.45, 2.75) is 19.4 Å². The number of nitrogen functional groups attached to an aromatic ring is 1. The number of carbonyl (C=O) groups is 2. The number of benzene rings is 1. The molecular formula is C27H31N5O5S. The zero-order valence-electron chi connectivity index (χ0n) is 21.1. The Balaban J connectivity index is 1.23. The quantitative estimate of drug-likeness (QED) is 0.376. The van der Waals surface area contributed by atoms with Crippen molar-refractivity contribution in [2.75, 3.05) is 57.2 Å². The first-order valence-electron chi connectivity index (χ1n) is 12.6. The van der Waals surface area contributed by atoms with Crippen LogP contribution in [0.2, 0.25) is 0 Å². The minimum Gasteiger partial charge on any atom is -0.454 e. The van der Waals surface area contributed by atoms with E-state index in [0.29, 0.717) is 41.7 Å². The second kappa shape index (κ2) is 12.2. The summed E-state index contributed by atoms with van der Waals surface area (Å²) in [5.74, 6) is 1.17. The number of fused-ring (bicyclic) bond motifs is 1. The van der Waals surface area contributed by atoms with Crippen molar-refractivity contribution in [2.24, 2.45) is 0 Å². The first kappa shape index (κ1) is 26.0. The Kier molecular flexibility index (Phi) is 8.37. The number of nitrogens with zero attached hydrogens (tertiary/aromatic N) is 3. The molecule has 11 heteroatoms. The number of ketones is 1. The van der Waals surface area contributed by atoms with E-state index >= 15 is 0 Å². The molecule has 0 bridgehead atoms. The first-order valence-corrected chi connectivity index (χ1v) is 13.5. The number of hydrogen-bond donors (Lipinski definition) is 2. The Hall–Kier alpha value is -3.67. The molecule has 1 aromatic carbocycles. The fourth-order valence-corrected chi connectivity index (χ4v) is 5.13. The lowest BCUT2D eigenvalue weighted by Crippen LogP contribution is -2.40. The van der Waals surface area contributed by atoms with Gasteiger partial charge in [-0.1, -0.05) is 6.07 Å². The summed E-state index contributed by atoms with van der Waals surface area (Å²) in [6.45, 7) is 5.26. The highest BCUT2D eigenvalue weighted by molar-refractivity contribution is 7.08. The average Bonchev–Trinajstić information content (AvgIpc) is 3.57. The van der Waals surface area contributed by atoms with Gasteiger partial charge in [-0.15, -0.1) is 11.3 Å². The van der Waals surface area contributed by atoms with Crippen molar-refractivity contribution in [3.8, 4) is 11.5 Å². The second-order valence-corrected chi connectivity index (χ2v) is 9.97. The van der Waals surface area contributed by atoms with Gasteiger partial charge in [0.2, 0.25) is 6.79 Å². The molecule has 0 aliphatic carbocycles. The van der Waals surface area contributed by atoms with E-state index in [1.165, 1.54) is 11.3 Å². The summed E-state index contributed by atoms with van der Waals surface area (Å²) in [7, 11) is 0. The third-order valence-corrected chi connectivity index (χ3v) is 7.34. The molecule has 3 aromatic rings. The molecule has 200 valence electrons. The molecule has 2 aromatic heterocycles. The fraction of sp³-hybridized carbons (Fsp3) is 0.370. The number of aromatic nitrogens is 1. The van der Waals surface area contributed by atoms with Crippen molar-refractivity contribution in [3.63, 3.8) is 0 Å². The Morgan fingerprint density at radius 2 is 1.95 bits per heavy atom. The third-order valence-electron chi connectivity index (χ3n) is 6.53. The number of urea groups is 1. The molecule has 2 aliphatic rings. The molecular weight excluding hydrogens is 506 g/mol. The topological polar surface area (TPSA) is 119 Å². The number of nitrogens with one attached hydrogen (secondary N) is 1. The van der Waals surface area contributed by atoms with Crippen LogP contribution >= 0.6 is 11.3 Å². The summed E-state index contributed by atoms with van der Waals surface area (Å²) in [4.78, 5) is 34.5. The van der Waals surface area contributed by atoms with Gasteiger partial charge in [-0.05, 0) is 41.1 Å². The molecule has 1 fully saturated rings. The number of thiophene rings is 1. The van der Waals surface area contributed by atoms with Crippen LogP contribution in [0.5, 0.6) is 11.5 Å². The van der Waals surface area contributed by atoms with Gasteiger partial charge in [0.05, 0.1) is 13.2 Å². The van der Waals surface area contributed by atoms with Crippen molar-refractivity contribution in [1.82, 2.24) is 14.8 Å². The molecule has 10 nitrogen and oxygen atoms in total. The average molecular weight is 538 g/mol. The number of morpholine rings is 1. The van der Waals surface area contributed by atoms with E-state index in [0.717, 1.165) is 50.4 Å². The van der Waals surface area contributed by atoms with Gasteiger partial charge < -0.3 is 30.2 Å². The van der Waals surface area contributed by atoms with Crippen molar-refractivity contribution in [3.05, 3.63) is 64.1 Å². The maximum absolute atomic E-state index is 13.3. The van der Waals surface area contributed by atoms with Crippen LogP contribution in [0.4, 0.5) is 16.2 Å². The van der Waals surface area contributed by atoms with E-state index in [4.69, 9.17) is 19.9 Å². The van der Waals surface area contributed by atoms with Crippen LogP contribution in [0.1, 0.15) is 28.0 Å². The van der Waals surface area contributed by atoms with Crippen LogP contribution in [0.3, 0.4) is 0 Å². The predicted molar refractivity (Wildman–Crippen MR) is 145 cm³/mol. The van der Waals surface area contributed by atoms with E-state index in [2.05, 4.69) is 15.2 Å². The lowest BCUT2D eigenvalue weighted by atomic mass is 10.1. The minimum atomic E-state index is -0.223. The lowest BCUT2D eigenvalue weighted by molar-refractivity contribution is 0.0365. The normalized spacial score (nSPS) is 14.8. The highest BCUT2D eigenvalue weighted by atomic mass is 32.1. The van der Waals surface area contributed by atoms with E-state index in [9.17, 15) is 9.59 Å². The highest BCUT2D eigenvalue weighted by Crippen LogP contribution is 2.34. The number of rotatable bonds is 10. The van der Waals surface area contributed by atoms with Crippen LogP contribution in [-0.4, -0.2) is 72.8 Å². The van der Waals surface area contributed by atoms with Crippen LogP contribution in [0.15, 0.2) is 47.3 Å². The van der Waals surface area contributed by atoms with Gasteiger partial charge in [0.15, 0.2) is 17.3 Å². The molecule has 2 aliphatic heterocycles. The van der Waals surface area contributed by atoms with Crippen LogP contribution < -0.4 is 20.5 Å². The molecule has 4 heterocycles. The minimum absolute atomic E-state index is 0.0930. The van der Waals surface area contributed by atoms with Gasteiger partial charge in [0.1, 0.15) is 5.69 Å². The van der Waals surface area contributed by atoms with E-state index in [1.807, 2.05) is 16.8 Å². The Morgan fingerprint density at radius 3 is 2.71 bits per heavy atom. The summed E-state index contributed by atoms with van der Waals surface area (Å²) >= 11 is 1.47. The summed E-state index contributed by atoms with van der Waals surface area (Å²) in [6, 6.07) is 8.67. The fourth-order valence-electron chi connectivity index (χ4n) is 4.38. The molecule has 0 radical (unpaired) electrons. The summed E-state index contributed by atoms with van der Waals surface area (Å²) in [5, 5.41) is 6.68. The molecule has 0 saturated carbocycles. The summed E-state index contributed by atoms with van der Waals surface area (Å²) < 4.78 is 16.2. The first-order chi connectivity index (χ1) is 18.5. The van der Waals surface area contributed by atoms with Crippen molar-refractivity contribution in [1.29, 1.82) is 0 Å². The Bertz CT molecular complexity index is 1260. The van der Waals surface area contributed by atoms with Crippen LogP contribution in [-0.2, 0) is 17.7 Å².